The van der Waals surface area contributed by atoms with E-state index in [2.05, 4.69) is 63.3 Å². The van der Waals surface area contributed by atoms with Crippen LogP contribution >= 0.6 is 0 Å². The van der Waals surface area contributed by atoms with Crippen LogP contribution in [0.3, 0.4) is 0 Å². The lowest BCUT2D eigenvalue weighted by Crippen LogP contribution is -2.01. The van der Waals surface area contributed by atoms with Gasteiger partial charge in [-0.3, -0.25) is 0 Å². The predicted octanol–water partition coefficient (Wildman–Crippen LogP) is 5.53. The Balaban J connectivity index is 2.06. The molecule has 0 N–H and O–H groups in total. The molecule has 2 aliphatic rings. The molecule has 2 aromatic carbocycles. The van der Waals surface area contributed by atoms with Crippen LogP contribution in [0.5, 0.6) is 0 Å². The molecule has 0 aliphatic heterocycles. The first kappa shape index (κ1) is 12.6. The van der Waals surface area contributed by atoms with E-state index in [1.54, 1.807) is 5.56 Å². The van der Waals surface area contributed by atoms with Crippen molar-refractivity contribution in [1.29, 1.82) is 0 Å². The van der Waals surface area contributed by atoms with Gasteiger partial charge in [-0.1, -0.05) is 42.5 Å². The largest absolute Gasteiger partial charge is 0.0801 e. The van der Waals surface area contributed by atoms with Gasteiger partial charge >= 0.3 is 0 Å². The zero-order valence-electron chi connectivity index (χ0n) is 13.0. The van der Waals surface area contributed by atoms with E-state index in [9.17, 15) is 0 Å². The average molecular weight is 272 g/mol. The van der Waals surface area contributed by atoms with Crippen LogP contribution in [0, 0.1) is 20.8 Å². The Morgan fingerprint density at radius 3 is 2.38 bits per heavy atom. The number of rotatable bonds is 1. The van der Waals surface area contributed by atoms with Crippen molar-refractivity contribution in [1.82, 2.24) is 0 Å². The summed E-state index contributed by atoms with van der Waals surface area (Å²) in [6, 6.07) is 8.90. The number of benzene rings is 2. The molecule has 0 bridgehead atoms. The van der Waals surface area contributed by atoms with Gasteiger partial charge in [0.15, 0.2) is 0 Å². The maximum Gasteiger partial charge on any atom is -0.000719 e. The quantitative estimate of drug-likeness (QED) is 0.546. The molecule has 2 aliphatic carbocycles. The first-order valence-electron chi connectivity index (χ1n) is 7.75. The average Bonchev–Trinajstić information content (AvgIpc) is 3.12. The van der Waals surface area contributed by atoms with Crippen molar-refractivity contribution in [3.63, 3.8) is 0 Å². The maximum atomic E-state index is 2.29. The van der Waals surface area contributed by atoms with E-state index in [1.807, 2.05) is 0 Å². The molecule has 0 radical (unpaired) electrons. The van der Waals surface area contributed by atoms with E-state index < -0.39 is 0 Å². The zero-order valence-corrected chi connectivity index (χ0v) is 13.0. The summed E-state index contributed by atoms with van der Waals surface area (Å²) in [6.45, 7) is 6.85. The highest BCUT2D eigenvalue weighted by atomic mass is 14.3. The topological polar surface area (TPSA) is 0 Å². The van der Waals surface area contributed by atoms with Crippen LogP contribution in [0.2, 0.25) is 0 Å². The zero-order chi connectivity index (χ0) is 14.6. The molecular formula is C21H20. The molecule has 0 heteroatoms. The number of hydrogen-bond donors (Lipinski definition) is 0. The first-order valence-corrected chi connectivity index (χ1v) is 7.75. The molecule has 21 heavy (non-hydrogen) atoms. The van der Waals surface area contributed by atoms with Gasteiger partial charge in [0.2, 0.25) is 0 Å². The highest BCUT2D eigenvalue weighted by molar-refractivity contribution is 5.88. The van der Waals surface area contributed by atoms with Crippen molar-refractivity contribution in [2.24, 2.45) is 0 Å². The molecular weight excluding hydrogens is 252 g/mol. The Hall–Kier alpha value is -2.08. The van der Waals surface area contributed by atoms with E-state index in [4.69, 9.17) is 0 Å². The van der Waals surface area contributed by atoms with Gasteiger partial charge in [0, 0.05) is 0 Å². The molecule has 0 amide bonds. The lowest BCUT2D eigenvalue weighted by Gasteiger charge is -2.19. The van der Waals surface area contributed by atoms with Crippen molar-refractivity contribution >= 4 is 5.57 Å². The molecule has 0 heterocycles. The van der Waals surface area contributed by atoms with E-state index in [-0.39, 0.29) is 0 Å². The fourth-order valence-electron chi connectivity index (χ4n) is 3.95. The van der Waals surface area contributed by atoms with Gasteiger partial charge in [0.05, 0.1) is 0 Å². The summed E-state index contributed by atoms with van der Waals surface area (Å²) in [7, 11) is 0. The molecule has 104 valence electrons. The van der Waals surface area contributed by atoms with Crippen molar-refractivity contribution in [3.8, 4) is 11.1 Å². The normalized spacial score (nSPS) is 15.1. The fourth-order valence-corrected chi connectivity index (χ4v) is 3.95. The van der Waals surface area contributed by atoms with Gasteiger partial charge in [0.25, 0.3) is 0 Å². The van der Waals surface area contributed by atoms with Gasteiger partial charge < -0.3 is 0 Å². The molecule has 0 spiro atoms. The second kappa shape index (κ2) is 4.46. The van der Waals surface area contributed by atoms with Gasteiger partial charge in [-0.25, -0.2) is 0 Å². The van der Waals surface area contributed by atoms with Gasteiger partial charge in [0.1, 0.15) is 0 Å². The summed E-state index contributed by atoms with van der Waals surface area (Å²) in [5.41, 5.74) is 13.3. The molecule has 0 saturated heterocycles. The van der Waals surface area contributed by atoms with Crippen LogP contribution in [-0.2, 0) is 6.42 Å². The smallest absolute Gasteiger partial charge is 0.000719 e. The third-order valence-electron chi connectivity index (χ3n) is 5.22. The van der Waals surface area contributed by atoms with E-state index in [1.165, 1.54) is 44.5 Å². The van der Waals surface area contributed by atoms with Crippen molar-refractivity contribution in [2.45, 2.75) is 33.6 Å². The lowest BCUT2D eigenvalue weighted by molar-refractivity contribution is 1.17. The summed E-state index contributed by atoms with van der Waals surface area (Å²) < 4.78 is 0. The highest BCUT2D eigenvalue weighted by Crippen LogP contribution is 2.46. The van der Waals surface area contributed by atoms with Crippen LogP contribution < -0.4 is 0 Å². The molecule has 4 rings (SSSR count). The SMILES string of the molecule is Cc1c(C)c(C2=CC=CC2)c2c(c1C)-c1ccccc1C2. The minimum absolute atomic E-state index is 1.08. The van der Waals surface area contributed by atoms with Gasteiger partial charge in [-0.05, 0) is 83.7 Å². The second-order valence-electron chi connectivity index (χ2n) is 6.26. The van der Waals surface area contributed by atoms with Crippen LogP contribution in [0.25, 0.3) is 16.7 Å². The molecule has 0 saturated carbocycles. The lowest BCUT2D eigenvalue weighted by atomic mass is 9.85. The van der Waals surface area contributed by atoms with E-state index in [0.29, 0.717) is 0 Å². The van der Waals surface area contributed by atoms with E-state index >= 15 is 0 Å². The van der Waals surface area contributed by atoms with Gasteiger partial charge in [-0.2, -0.15) is 0 Å². The Bertz CT molecular complexity index is 816. The third kappa shape index (κ3) is 1.68. The molecule has 0 nitrogen and oxygen atoms in total. The molecule has 0 fully saturated rings. The first-order chi connectivity index (χ1) is 10.2. The van der Waals surface area contributed by atoms with E-state index in [0.717, 1.165) is 12.8 Å². The summed E-state index contributed by atoms with van der Waals surface area (Å²) in [4.78, 5) is 0. The number of hydrogen-bond acceptors (Lipinski definition) is 0. The van der Waals surface area contributed by atoms with Crippen LogP contribution in [-0.4, -0.2) is 0 Å². The van der Waals surface area contributed by atoms with Crippen molar-refractivity contribution < 1.29 is 0 Å². The van der Waals surface area contributed by atoms with Crippen molar-refractivity contribution in [3.05, 3.63) is 75.9 Å². The predicted molar refractivity (Wildman–Crippen MR) is 90.6 cm³/mol. The molecule has 0 aromatic heterocycles. The second-order valence-corrected chi connectivity index (χ2v) is 6.26. The molecule has 0 unspecified atom stereocenters. The minimum atomic E-state index is 1.08. The molecule has 2 aromatic rings. The summed E-state index contributed by atoms with van der Waals surface area (Å²) in [6.07, 6.45) is 8.91. The van der Waals surface area contributed by atoms with Crippen LogP contribution in [0.1, 0.15) is 39.8 Å². The van der Waals surface area contributed by atoms with Crippen molar-refractivity contribution in [2.75, 3.05) is 0 Å². The Morgan fingerprint density at radius 1 is 0.857 bits per heavy atom. The Labute approximate surface area is 126 Å². The van der Waals surface area contributed by atoms with Crippen LogP contribution in [0.4, 0.5) is 0 Å². The third-order valence-corrected chi connectivity index (χ3v) is 5.22. The summed E-state index contributed by atoms with van der Waals surface area (Å²) in [5, 5.41) is 0. The maximum absolute atomic E-state index is 2.29. The minimum Gasteiger partial charge on any atom is -0.0801 e. The molecule has 0 atom stereocenters. The number of fused-ring (bicyclic) bond motifs is 3. The monoisotopic (exact) mass is 272 g/mol. The Morgan fingerprint density at radius 2 is 1.62 bits per heavy atom. The number of allylic oxidation sites excluding steroid dienone is 4. The van der Waals surface area contributed by atoms with Gasteiger partial charge in [-0.15, -0.1) is 0 Å². The highest BCUT2D eigenvalue weighted by Gasteiger charge is 2.27. The standard InChI is InChI=1S/C21H20/c1-13-14(2)20(16-8-4-5-9-16)19-12-17-10-6-7-11-18(17)21(19)15(13)3/h4-8,10-11H,9,12H2,1-3H3. The Kier molecular flexibility index (Phi) is 2.68. The van der Waals surface area contributed by atoms with Crippen LogP contribution in [0.15, 0.2) is 42.5 Å². The summed E-state index contributed by atoms with van der Waals surface area (Å²) >= 11 is 0. The summed E-state index contributed by atoms with van der Waals surface area (Å²) in [5.74, 6) is 0. The fraction of sp³-hybridized carbons (Fsp3) is 0.238.